The molecule has 3 heteroatoms. The normalized spacial score (nSPS) is 29.7. The molecule has 3 aliphatic carbocycles. The lowest BCUT2D eigenvalue weighted by Crippen LogP contribution is -2.49. The van der Waals surface area contributed by atoms with E-state index >= 15 is 0 Å². The molecule has 4 aliphatic rings. The van der Waals surface area contributed by atoms with Gasteiger partial charge in [-0.1, -0.05) is 111 Å². The second-order valence-electron chi connectivity index (χ2n) is 12.9. The fourth-order valence-electron chi connectivity index (χ4n) is 8.99. The lowest BCUT2D eigenvalue weighted by atomic mass is 9.49. The largest absolute Gasteiger partial charge is 0.344 e. The Morgan fingerprint density at radius 3 is 2.24 bits per heavy atom. The van der Waals surface area contributed by atoms with Gasteiger partial charge in [0, 0.05) is 16.5 Å². The molecule has 8 rings (SSSR count). The van der Waals surface area contributed by atoms with E-state index in [0.717, 1.165) is 40.2 Å². The molecule has 41 heavy (non-hydrogen) atoms. The summed E-state index contributed by atoms with van der Waals surface area (Å²) in [5.74, 6) is 4.69. The molecular formula is C38H37N3. The van der Waals surface area contributed by atoms with Crippen molar-refractivity contribution in [3.05, 3.63) is 131 Å². The molecule has 2 bridgehead atoms. The molecule has 0 aromatic heterocycles. The van der Waals surface area contributed by atoms with Gasteiger partial charge in [-0.15, -0.1) is 0 Å². The van der Waals surface area contributed by atoms with Crippen LogP contribution in [0.3, 0.4) is 0 Å². The summed E-state index contributed by atoms with van der Waals surface area (Å²) in [5, 5.41) is 3.68. The third kappa shape index (κ3) is 3.85. The van der Waals surface area contributed by atoms with Crippen LogP contribution in [0.25, 0.3) is 11.1 Å². The van der Waals surface area contributed by atoms with Crippen LogP contribution in [0, 0.1) is 23.7 Å². The molecule has 1 N–H and O–H groups in total. The maximum Gasteiger partial charge on any atom is 0.159 e. The van der Waals surface area contributed by atoms with Crippen LogP contribution in [0.5, 0.6) is 0 Å². The minimum Gasteiger partial charge on any atom is -0.344 e. The van der Waals surface area contributed by atoms with Gasteiger partial charge in [0.2, 0.25) is 0 Å². The van der Waals surface area contributed by atoms with Crippen molar-refractivity contribution in [2.45, 2.75) is 51.1 Å². The van der Waals surface area contributed by atoms with Crippen molar-refractivity contribution < 1.29 is 0 Å². The van der Waals surface area contributed by atoms with Crippen LogP contribution in [-0.2, 0) is 5.41 Å². The third-order valence-corrected chi connectivity index (χ3v) is 10.4. The molecule has 0 saturated heterocycles. The first-order valence-corrected chi connectivity index (χ1v) is 15.4. The van der Waals surface area contributed by atoms with Crippen molar-refractivity contribution in [2.24, 2.45) is 33.7 Å². The molecule has 1 spiro atoms. The average molecular weight is 536 g/mol. The van der Waals surface area contributed by atoms with Gasteiger partial charge < -0.3 is 5.32 Å². The summed E-state index contributed by atoms with van der Waals surface area (Å²) in [7, 11) is 0. The summed E-state index contributed by atoms with van der Waals surface area (Å²) in [6.45, 7) is 5.02. The van der Waals surface area contributed by atoms with Crippen LogP contribution < -0.4 is 5.32 Å². The van der Waals surface area contributed by atoms with Crippen molar-refractivity contribution in [2.75, 3.05) is 0 Å². The topological polar surface area (TPSA) is 36.8 Å². The van der Waals surface area contributed by atoms with Crippen molar-refractivity contribution in [3.63, 3.8) is 0 Å². The Morgan fingerprint density at radius 2 is 1.41 bits per heavy atom. The molecular weight excluding hydrogens is 498 g/mol. The highest BCUT2D eigenvalue weighted by atomic mass is 15.2. The van der Waals surface area contributed by atoms with E-state index in [1.807, 2.05) is 6.07 Å². The van der Waals surface area contributed by atoms with Crippen LogP contribution in [0.4, 0.5) is 0 Å². The highest BCUT2D eigenvalue weighted by Crippen LogP contribution is 2.64. The van der Waals surface area contributed by atoms with Crippen molar-refractivity contribution >= 4 is 11.7 Å². The van der Waals surface area contributed by atoms with Gasteiger partial charge in [-0.05, 0) is 83.2 Å². The van der Waals surface area contributed by atoms with Crippen LogP contribution >= 0.6 is 0 Å². The van der Waals surface area contributed by atoms with Gasteiger partial charge in [-0.3, -0.25) is 0 Å². The molecule has 1 aliphatic heterocycles. The summed E-state index contributed by atoms with van der Waals surface area (Å²) in [6, 6.07) is 37.3. The van der Waals surface area contributed by atoms with Gasteiger partial charge >= 0.3 is 0 Å². The Labute approximate surface area is 243 Å². The van der Waals surface area contributed by atoms with Gasteiger partial charge in [-0.25, -0.2) is 9.98 Å². The first-order valence-electron chi connectivity index (χ1n) is 15.4. The van der Waals surface area contributed by atoms with E-state index in [4.69, 9.17) is 9.98 Å². The van der Waals surface area contributed by atoms with Crippen LogP contribution in [0.1, 0.15) is 73.5 Å². The highest BCUT2D eigenvalue weighted by Gasteiger charge is 2.56. The number of nitrogens with zero attached hydrogens (tertiary/aromatic N) is 2. The smallest absolute Gasteiger partial charge is 0.159 e. The number of rotatable bonds is 3. The Kier molecular flexibility index (Phi) is 5.77. The lowest BCUT2D eigenvalue weighted by molar-refractivity contribution is 0.0426. The monoisotopic (exact) mass is 535 g/mol. The molecule has 3 nitrogen and oxygen atoms in total. The summed E-state index contributed by atoms with van der Waals surface area (Å²) in [5.41, 5.74) is 9.32. The number of nitrogens with one attached hydrogen (secondary N) is 1. The highest BCUT2D eigenvalue weighted by molar-refractivity contribution is 6.13. The van der Waals surface area contributed by atoms with Gasteiger partial charge in [0.1, 0.15) is 12.0 Å². The fourth-order valence-corrected chi connectivity index (χ4v) is 8.99. The average Bonchev–Trinajstić information content (AvgIpc) is 3.31. The molecule has 0 amide bonds. The van der Waals surface area contributed by atoms with E-state index in [0.29, 0.717) is 11.8 Å². The standard InChI is InChI=1S/C38H37N3/c1-24-19-26-21-25(2)38(30(20-24)22-26)33-16-10-9-15-31(33)32-23-29(17-18-34(32)38)37-40-35(27-11-5-3-6-12-27)39-36(41-37)28-13-7-4-8-14-28/h3-18,23-26,30,35H,19-22H2,1-2H3,(H,39,40,41). The zero-order valence-corrected chi connectivity index (χ0v) is 23.9. The van der Waals surface area contributed by atoms with E-state index in [1.165, 1.54) is 36.8 Å². The van der Waals surface area contributed by atoms with Crippen molar-refractivity contribution in [1.82, 2.24) is 5.32 Å². The van der Waals surface area contributed by atoms with Crippen molar-refractivity contribution in [1.29, 1.82) is 0 Å². The summed E-state index contributed by atoms with van der Waals surface area (Å²) < 4.78 is 0. The number of aliphatic imine (C=N–C) groups is 2. The third-order valence-electron chi connectivity index (χ3n) is 10.4. The predicted molar refractivity (Wildman–Crippen MR) is 168 cm³/mol. The maximum atomic E-state index is 5.11. The van der Waals surface area contributed by atoms with Gasteiger partial charge in [0.05, 0.1) is 0 Å². The van der Waals surface area contributed by atoms with Gasteiger partial charge in [0.15, 0.2) is 5.84 Å². The zero-order valence-electron chi connectivity index (χ0n) is 23.9. The Bertz CT molecular complexity index is 1670. The zero-order chi connectivity index (χ0) is 27.6. The van der Waals surface area contributed by atoms with E-state index in [9.17, 15) is 0 Å². The first-order chi connectivity index (χ1) is 20.1. The molecule has 1 heterocycles. The summed E-state index contributed by atoms with van der Waals surface area (Å²) in [4.78, 5) is 10.2. The molecule has 4 aromatic carbocycles. The van der Waals surface area contributed by atoms with Crippen molar-refractivity contribution in [3.8, 4) is 11.1 Å². The van der Waals surface area contributed by atoms with E-state index in [1.54, 1.807) is 11.1 Å². The number of hydrogen-bond donors (Lipinski definition) is 1. The number of hydrogen-bond acceptors (Lipinski definition) is 3. The second kappa shape index (κ2) is 9.55. The summed E-state index contributed by atoms with van der Waals surface area (Å²) >= 11 is 0. The number of amidine groups is 2. The molecule has 0 radical (unpaired) electrons. The molecule has 204 valence electrons. The second-order valence-corrected chi connectivity index (χ2v) is 12.9. The maximum absolute atomic E-state index is 5.11. The quantitative estimate of drug-likeness (QED) is 0.280. The van der Waals surface area contributed by atoms with Crippen LogP contribution in [0.15, 0.2) is 113 Å². The molecule has 6 unspecified atom stereocenters. The predicted octanol–water partition coefficient (Wildman–Crippen LogP) is 8.54. The minimum absolute atomic E-state index is 0.112. The Morgan fingerprint density at radius 1 is 0.683 bits per heavy atom. The first kappa shape index (κ1) is 24.8. The summed E-state index contributed by atoms with van der Waals surface area (Å²) in [6.07, 6.45) is 5.25. The number of benzene rings is 4. The lowest BCUT2D eigenvalue weighted by Gasteiger charge is -2.54. The van der Waals surface area contributed by atoms with E-state index in [-0.39, 0.29) is 11.6 Å². The molecule has 2 saturated carbocycles. The van der Waals surface area contributed by atoms with Gasteiger partial charge in [-0.2, -0.15) is 0 Å². The fraction of sp³-hybridized carbons (Fsp3) is 0.316. The van der Waals surface area contributed by atoms with E-state index < -0.39 is 0 Å². The molecule has 2 fully saturated rings. The number of fused-ring (bicyclic) bond motifs is 8. The van der Waals surface area contributed by atoms with Gasteiger partial charge in [0.25, 0.3) is 0 Å². The Hall–Kier alpha value is -3.98. The molecule has 6 atom stereocenters. The van der Waals surface area contributed by atoms with E-state index in [2.05, 4.69) is 116 Å². The minimum atomic E-state index is -0.190. The Balaban J connectivity index is 1.26. The molecule has 4 aromatic rings. The SMILES string of the molecule is CC1CC2CC(C)C3(c4ccccc4-c4cc(C5=NC(c6ccccc6)=NC(c6ccccc6)N5)ccc43)C(C1)C2. The van der Waals surface area contributed by atoms with Crippen LogP contribution in [-0.4, -0.2) is 11.7 Å². The van der Waals surface area contributed by atoms with Crippen LogP contribution in [0.2, 0.25) is 0 Å².